The number of halogens is 4. The average molecular weight is 374 g/mol. The number of benzene rings is 2. The highest BCUT2D eigenvalue weighted by Crippen LogP contribution is 2.23. The fraction of sp³-hybridized carbons (Fsp3) is 0.133. The van der Waals surface area contributed by atoms with Crippen molar-refractivity contribution in [3.05, 3.63) is 64.1 Å². The molecule has 2 aromatic rings. The van der Waals surface area contributed by atoms with Crippen LogP contribution in [0, 0.1) is 0 Å². The van der Waals surface area contributed by atoms with Gasteiger partial charge in [0.25, 0.3) is 0 Å². The monoisotopic (exact) mass is 373 g/mol. The first-order valence-electron chi connectivity index (χ1n) is 6.18. The molecule has 0 N–H and O–H groups in total. The first-order chi connectivity index (χ1) is 10.4. The molecule has 0 saturated heterocycles. The SMILES string of the molecule is FC(F)(F)Oc1cccc(CON=Cc2ccc(Br)cc2)c1. The van der Waals surface area contributed by atoms with Crippen LogP contribution in [0.25, 0.3) is 0 Å². The molecule has 0 heterocycles. The van der Waals surface area contributed by atoms with E-state index in [0.717, 1.165) is 10.0 Å². The Morgan fingerprint density at radius 1 is 1.09 bits per heavy atom. The summed E-state index contributed by atoms with van der Waals surface area (Å²) >= 11 is 3.32. The predicted molar refractivity (Wildman–Crippen MR) is 79.7 cm³/mol. The van der Waals surface area contributed by atoms with Crippen LogP contribution in [0.3, 0.4) is 0 Å². The first-order valence-corrected chi connectivity index (χ1v) is 6.97. The van der Waals surface area contributed by atoms with E-state index in [2.05, 4.69) is 25.8 Å². The Bertz CT molecular complexity index is 642. The van der Waals surface area contributed by atoms with Gasteiger partial charge in [-0.1, -0.05) is 45.4 Å². The number of oxime groups is 1. The summed E-state index contributed by atoms with van der Waals surface area (Å²) < 4.78 is 41.1. The zero-order chi connectivity index (χ0) is 16.0. The summed E-state index contributed by atoms with van der Waals surface area (Å²) in [6.45, 7) is 0.0437. The molecule has 0 atom stereocenters. The molecule has 0 aromatic heterocycles. The maximum absolute atomic E-state index is 12.1. The first kappa shape index (κ1) is 16.4. The van der Waals surface area contributed by atoms with E-state index >= 15 is 0 Å². The van der Waals surface area contributed by atoms with Crippen LogP contribution < -0.4 is 4.74 Å². The molecule has 0 aliphatic rings. The van der Waals surface area contributed by atoms with Crippen molar-refractivity contribution in [2.24, 2.45) is 5.16 Å². The molecule has 116 valence electrons. The Hall–Kier alpha value is -2.02. The van der Waals surface area contributed by atoms with Crippen molar-refractivity contribution in [2.45, 2.75) is 13.0 Å². The molecule has 0 amide bonds. The van der Waals surface area contributed by atoms with Gasteiger partial charge >= 0.3 is 6.36 Å². The Labute approximate surface area is 133 Å². The zero-order valence-corrected chi connectivity index (χ0v) is 12.8. The number of alkyl halides is 3. The van der Waals surface area contributed by atoms with Crippen LogP contribution in [-0.2, 0) is 11.4 Å². The van der Waals surface area contributed by atoms with Crippen LogP contribution in [0.4, 0.5) is 13.2 Å². The molecule has 2 rings (SSSR count). The summed E-state index contributed by atoms with van der Waals surface area (Å²) in [7, 11) is 0. The minimum Gasteiger partial charge on any atom is -0.406 e. The highest BCUT2D eigenvalue weighted by molar-refractivity contribution is 9.10. The van der Waals surface area contributed by atoms with E-state index in [4.69, 9.17) is 4.84 Å². The number of ether oxygens (including phenoxy) is 1. The van der Waals surface area contributed by atoms with E-state index in [0.29, 0.717) is 5.56 Å². The summed E-state index contributed by atoms with van der Waals surface area (Å²) in [6.07, 6.45) is -3.19. The molecule has 2 aromatic carbocycles. The minimum absolute atomic E-state index is 0.0437. The van der Waals surface area contributed by atoms with Crippen molar-refractivity contribution in [1.29, 1.82) is 0 Å². The second kappa shape index (κ2) is 7.31. The van der Waals surface area contributed by atoms with Crippen molar-refractivity contribution in [3.8, 4) is 5.75 Å². The number of hydrogen-bond acceptors (Lipinski definition) is 3. The second-order valence-electron chi connectivity index (χ2n) is 4.25. The van der Waals surface area contributed by atoms with Gasteiger partial charge in [0.05, 0.1) is 6.21 Å². The number of nitrogens with zero attached hydrogens (tertiary/aromatic N) is 1. The van der Waals surface area contributed by atoms with E-state index < -0.39 is 6.36 Å². The van der Waals surface area contributed by atoms with Gasteiger partial charge in [-0.2, -0.15) is 0 Å². The van der Waals surface area contributed by atoms with Crippen LogP contribution in [0.5, 0.6) is 5.75 Å². The highest BCUT2D eigenvalue weighted by atomic mass is 79.9. The molecule has 0 radical (unpaired) electrons. The summed E-state index contributed by atoms with van der Waals surface area (Å²) in [4.78, 5) is 5.06. The molecule has 7 heteroatoms. The van der Waals surface area contributed by atoms with Crippen molar-refractivity contribution in [1.82, 2.24) is 0 Å². The van der Waals surface area contributed by atoms with Crippen molar-refractivity contribution < 1.29 is 22.7 Å². The van der Waals surface area contributed by atoms with Gasteiger partial charge < -0.3 is 9.57 Å². The number of hydrogen-bond donors (Lipinski definition) is 0. The lowest BCUT2D eigenvalue weighted by molar-refractivity contribution is -0.274. The van der Waals surface area contributed by atoms with Crippen LogP contribution in [0.1, 0.15) is 11.1 Å². The largest absolute Gasteiger partial charge is 0.573 e. The molecule has 3 nitrogen and oxygen atoms in total. The molecular formula is C15H11BrF3NO2. The zero-order valence-electron chi connectivity index (χ0n) is 11.2. The highest BCUT2D eigenvalue weighted by Gasteiger charge is 2.31. The van der Waals surface area contributed by atoms with Crippen LogP contribution >= 0.6 is 15.9 Å². The molecule has 0 unspecified atom stereocenters. The maximum Gasteiger partial charge on any atom is 0.573 e. The van der Waals surface area contributed by atoms with E-state index in [1.165, 1.54) is 24.4 Å². The third-order valence-corrected chi connectivity index (χ3v) is 3.04. The van der Waals surface area contributed by atoms with Crippen LogP contribution in [-0.4, -0.2) is 12.6 Å². The summed E-state index contributed by atoms with van der Waals surface area (Å²) in [5.74, 6) is -0.287. The fourth-order valence-corrected chi connectivity index (χ4v) is 1.86. The van der Waals surface area contributed by atoms with Gasteiger partial charge in [-0.15, -0.1) is 13.2 Å². The van der Waals surface area contributed by atoms with Gasteiger partial charge in [0.1, 0.15) is 12.4 Å². The summed E-state index contributed by atoms with van der Waals surface area (Å²) in [5.41, 5.74) is 1.37. The van der Waals surface area contributed by atoms with E-state index in [1.807, 2.05) is 24.3 Å². The van der Waals surface area contributed by atoms with Crippen LogP contribution in [0.2, 0.25) is 0 Å². The Balaban J connectivity index is 1.89. The molecule has 0 fully saturated rings. The fourth-order valence-electron chi connectivity index (χ4n) is 1.59. The molecule has 0 saturated carbocycles. The lowest BCUT2D eigenvalue weighted by Gasteiger charge is -2.09. The molecular weight excluding hydrogens is 363 g/mol. The second-order valence-corrected chi connectivity index (χ2v) is 5.17. The molecule has 0 spiro atoms. The predicted octanol–water partition coefficient (Wildman–Crippen LogP) is 4.90. The van der Waals surface area contributed by atoms with E-state index in [1.54, 1.807) is 6.07 Å². The Morgan fingerprint density at radius 2 is 1.82 bits per heavy atom. The van der Waals surface area contributed by atoms with Crippen LogP contribution in [0.15, 0.2) is 58.2 Å². The Kier molecular flexibility index (Phi) is 5.43. The lowest BCUT2D eigenvalue weighted by Crippen LogP contribution is -2.17. The normalized spacial score (nSPS) is 11.6. The third kappa shape index (κ3) is 5.77. The van der Waals surface area contributed by atoms with Gasteiger partial charge in [0.2, 0.25) is 0 Å². The molecule has 0 bridgehead atoms. The summed E-state index contributed by atoms with van der Waals surface area (Å²) in [6, 6.07) is 13.0. The van der Waals surface area contributed by atoms with Gasteiger partial charge in [-0.3, -0.25) is 0 Å². The van der Waals surface area contributed by atoms with E-state index in [9.17, 15) is 13.2 Å². The van der Waals surface area contributed by atoms with Crippen molar-refractivity contribution in [2.75, 3.05) is 0 Å². The third-order valence-electron chi connectivity index (χ3n) is 2.51. The van der Waals surface area contributed by atoms with E-state index in [-0.39, 0.29) is 12.4 Å². The quantitative estimate of drug-likeness (QED) is 0.551. The Morgan fingerprint density at radius 3 is 2.50 bits per heavy atom. The topological polar surface area (TPSA) is 30.8 Å². The molecule has 22 heavy (non-hydrogen) atoms. The maximum atomic E-state index is 12.1. The number of rotatable bonds is 5. The van der Waals surface area contributed by atoms with Gasteiger partial charge in [0.15, 0.2) is 0 Å². The van der Waals surface area contributed by atoms with Crippen molar-refractivity contribution in [3.63, 3.8) is 0 Å². The lowest BCUT2D eigenvalue weighted by atomic mass is 10.2. The minimum atomic E-state index is -4.71. The average Bonchev–Trinajstić information content (AvgIpc) is 2.44. The van der Waals surface area contributed by atoms with Crippen molar-refractivity contribution >= 4 is 22.1 Å². The smallest absolute Gasteiger partial charge is 0.406 e. The van der Waals surface area contributed by atoms with Gasteiger partial charge in [-0.25, -0.2) is 0 Å². The van der Waals surface area contributed by atoms with Gasteiger partial charge in [0, 0.05) is 4.47 Å². The van der Waals surface area contributed by atoms with Gasteiger partial charge in [-0.05, 0) is 35.4 Å². The molecule has 0 aliphatic heterocycles. The standard InChI is InChI=1S/C15H11BrF3NO2/c16-13-6-4-11(5-7-13)9-20-21-10-12-2-1-3-14(8-12)22-15(17,18)19/h1-9H,10H2. The summed E-state index contributed by atoms with van der Waals surface area (Å²) in [5, 5.41) is 3.77. The molecule has 0 aliphatic carbocycles.